The standard InChI is InChI=1S/C23H20ClN5O3S2/c1-32-19-6-5-14(10-16(19)24)18(30)12-27-22(31)17-11-15(7-9-25-17)33-21-13-28-23(34-21)29-20-4-2-3-8-26-20/h2-11,13,18,30H,12H2,1H3,(H,27,31)(H,26,28,29)/t18-/m1/s1. The van der Waals surface area contributed by atoms with Gasteiger partial charge in [-0.2, -0.15) is 0 Å². The number of benzene rings is 1. The largest absolute Gasteiger partial charge is 0.495 e. The van der Waals surface area contributed by atoms with Gasteiger partial charge in [-0.15, -0.1) is 0 Å². The van der Waals surface area contributed by atoms with Crippen LogP contribution in [-0.2, 0) is 0 Å². The van der Waals surface area contributed by atoms with Gasteiger partial charge in [0, 0.05) is 23.8 Å². The zero-order chi connectivity index (χ0) is 23.9. The monoisotopic (exact) mass is 513 g/mol. The predicted octanol–water partition coefficient (Wildman–Crippen LogP) is 4.95. The van der Waals surface area contributed by atoms with Crippen molar-refractivity contribution in [3.05, 3.63) is 83.4 Å². The van der Waals surface area contributed by atoms with E-state index in [4.69, 9.17) is 16.3 Å². The van der Waals surface area contributed by atoms with Gasteiger partial charge in [0.2, 0.25) is 0 Å². The van der Waals surface area contributed by atoms with E-state index in [0.717, 1.165) is 20.1 Å². The summed E-state index contributed by atoms with van der Waals surface area (Å²) in [5, 5.41) is 17.4. The Hall–Kier alpha value is -3.18. The van der Waals surface area contributed by atoms with Gasteiger partial charge in [0.25, 0.3) is 5.91 Å². The Morgan fingerprint density at radius 1 is 1.18 bits per heavy atom. The fraction of sp³-hybridized carbons (Fsp3) is 0.130. The smallest absolute Gasteiger partial charge is 0.270 e. The molecule has 0 spiro atoms. The van der Waals surface area contributed by atoms with Gasteiger partial charge in [-0.1, -0.05) is 46.8 Å². The van der Waals surface area contributed by atoms with Crippen LogP contribution in [0.4, 0.5) is 10.9 Å². The molecule has 0 fully saturated rings. The lowest BCUT2D eigenvalue weighted by molar-refractivity contribution is 0.0911. The van der Waals surface area contributed by atoms with E-state index in [-0.39, 0.29) is 18.1 Å². The van der Waals surface area contributed by atoms with E-state index < -0.39 is 6.10 Å². The molecule has 3 N–H and O–H groups in total. The number of thiazole rings is 1. The summed E-state index contributed by atoms with van der Waals surface area (Å²) in [5.74, 6) is 0.846. The van der Waals surface area contributed by atoms with E-state index >= 15 is 0 Å². The minimum Gasteiger partial charge on any atom is -0.495 e. The van der Waals surface area contributed by atoms with Crippen LogP contribution < -0.4 is 15.4 Å². The number of aliphatic hydroxyl groups excluding tert-OH is 1. The number of methoxy groups -OCH3 is 1. The first-order valence-corrected chi connectivity index (χ1v) is 12.1. The molecule has 4 aromatic rings. The van der Waals surface area contributed by atoms with Crippen LogP contribution in [0.2, 0.25) is 5.02 Å². The van der Waals surface area contributed by atoms with Crippen molar-refractivity contribution in [3.8, 4) is 5.75 Å². The molecule has 3 heterocycles. The molecule has 11 heteroatoms. The summed E-state index contributed by atoms with van der Waals surface area (Å²) in [4.78, 5) is 26.2. The number of hydrogen-bond acceptors (Lipinski definition) is 9. The number of hydrogen-bond donors (Lipinski definition) is 3. The second-order valence-corrected chi connectivity index (χ2v) is 9.73. The van der Waals surface area contributed by atoms with E-state index in [2.05, 4.69) is 25.6 Å². The Bertz CT molecular complexity index is 1270. The first-order valence-electron chi connectivity index (χ1n) is 10.1. The molecule has 3 aromatic heterocycles. The van der Waals surface area contributed by atoms with Crippen molar-refractivity contribution >= 4 is 51.6 Å². The quantitative estimate of drug-likeness (QED) is 0.288. The van der Waals surface area contributed by atoms with Crippen LogP contribution >= 0.6 is 34.7 Å². The van der Waals surface area contributed by atoms with Gasteiger partial charge in [0.1, 0.15) is 17.3 Å². The lowest BCUT2D eigenvalue weighted by Crippen LogP contribution is -2.29. The third-order valence-electron chi connectivity index (χ3n) is 4.58. The zero-order valence-corrected chi connectivity index (χ0v) is 20.3. The highest BCUT2D eigenvalue weighted by Gasteiger charge is 2.14. The summed E-state index contributed by atoms with van der Waals surface area (Å²) >= 11 is 9.07. The van der Waals surface area contributed by atoms with Crippen molar-refractivity contribution in [2.24, 2.45) is 0 Å². The number of aliphatic hydroxyl groups is 1. The van der Waals surface area contributed by atoms with E-state index in [9.17, 15) is 9.90 Å². The van der Waals surface area contributed by atoms with Crippen LogP contribution in [0.3, 0.4) is 0 Å². The second kappa shape index (κ2) is 11.3. The van der Waals surface area contributed by atoms with Gasteiger partial charge < -0.3 is 20.5 Å². The van der Waals surface area contributed by atoms with E-state index in [1.165, 1.54) is 30.2 Å². The molecule has 0 aliphatic rings. The molecule has 4 rings (SSSR count). The molecule has 0 saturated carbocycles. The van der Waals surface area contributed by atoms with Crippen molar-refractivity contribution in [1.82, 2.24) is 20.3 Å². The average molecular weight is 514 g/mol. The molecule has 0 aliphatic heterocycles. The molecule has 1 atom stereocenters. The summed E-state index contributed by atoms with van der Waals surface area (Å²) in [7, 11) is 1.52. The van der Waals surface area contributed by atoms with Crippen molar-refractivity contribution in [2.45, 2.75) is 15.2 Å². The molecule has 0 bridgehead atoms. The highest BCUT2D eigenvalue weighted by Crippen LogP contribution is 2.34. The molecule has 0 saturated heterocycles. The molecule has 34 heavy (non-hydrogen) atoms. The molecule has 0 radical (unpaired) electrons. The molecule has 0 aliphatic carbocycles. The van der Waals surface area contributed by atoms with Crippen molar-refractivity contribution in [2.75, 3.05) is 19.0 Å². The number of anilines is 2. The lowest BCUT2D eigenvalue weighted by Gasteiger charge is -2.13. The van der Waals surface area contributed by atoms with E-state index in [1.807, 2.05) is 24.3 Å². The van der Waals surface area contributed by atoms with Crippen molar-refractivity contribution in [3.63, 3.8) is 0 Å². The van der Waals surface area contributed by atoms with Gasteiger partial charge in [0.15, 0.2) is 5.13 Å². The Balaban J connectivity index is 1.35. The maximum atomic E-state index is 12.6. The highest BCUT2D eigenvalue weighted by molar-refractivity contribution is 8.01. The summed E-state index contributed by atoms with van der Waals surface area (Å²) in [5.41, 5.74) is 0.824. The van der Waals surface area contributed by atoms with Crippen molar-refractivity contribution in [1.29, 1.82) is 0 Å². The maximum absolute atomic E-state index is 12.6. The fourth-order valence-corrected chi connectivity index (χ4v) is 5.07. The van der Waals surface area contributed by atoms with Crippen LogP contribution in [-0.4, -0.2) is 39.6 Å². The number of nitrogens with zero attached hydrogens (tertiary/aromatic N) is 3. The van der Waals surface area contributed by atoms with Crippen LogP contribution in [0.15, 0.2) is 76.2 Å². The molecule has 1 amide bonds. The Morgan fingerprint density at radius 2 is 2.06 bits per heavy atom. The summed E-state index contributed by atoms with van der Waals surface area (Å²) in [6.45, 7) is 0.0118. The number of amides is 1. The Labute approximate surface area is 209 Å². The number of pyridine rings is 2. The van der Waals surface area contributed by atoms with Crippen LogP contribution in [0.1, 0.15) is 22.2 Å². The molecule has 1 aromatic carbocycles. The van der Waals surface area contributed by atoms with Crippen LogP contribution in [0, 0.1) is 0 Å². The number of ether oxygens (including phenoxy) is 1. The minimum absolute atomic E-state index is 0.0118. The van der Waals surface area contributed by atoms with Crippen molar-refractivity contribution < 1.29 is 14.6 Å². The first kappa shape index (κ1) is 24.0. The second-order valence-electron chi connectivity index (χ2n) is 6.92. The fourth-order valence-electron chi connectivity index (χ4n) is 2.91. The highest BCUT2D eigenvalue weighted by atomic mass is 35.5. The molecule has 174 valence electrons. The SMILES string of the molecule is COc1ccc([C@H](O)CNC(=O)c2cc(Sc3cnc(Nc4ccccn4)s3)ccn2)cc1Cl. The van der Waals surface area contributed by atoms with E-state index in [1.54, 1.807) is 42.9 Å². The Morgan fingerprint density at radius 3 is 2.82 bits per heavy atom. The molecule has 0 unspecified atom stereocenters. The maximum Gasteiger partial charge on any atom is 0.270 e. The van der Waals surface area contributed by atoms with Gasteiger partial charge in [-0.25, -0.2) is 9.97 Å². The number of nitrogens with one attached hydrogen (secondary N) is 2. The van der Waals surface area contributed by atoms with E-state index in [0.29, 0.717) is 16.3 Å². The molecular formula is C23H20ClN5O3S2. The third kappa shape index (κ3) is 6.23. The molecule has 8 nitrogen and oxygen atoms in total. The van der Waals surface area contributed by atoms with Gasteiger partial charge in [0.05, 0.1) is 28.6 Å². The van der Waals surface area contributed by atoms with Gasteiger partial charge in [-0.05, 0) is 42.0 Å². The predicted molar refractivity (Wildman–Crippen MR) is 133 cm³/mol. The first-order chi connectivity index (χ1) is 16.5. The number of carbonyl (C=O) groups excluding carboxylic acids is 1. The van der Waals surface area contributed by atoms with Gasteiger partial charge in [-0.3, -0.25) is 9.78 Å². The minimum atomic E-state index is -0.924. The molecular weight excluding hydrogens is 494 g/mol. The summed E-state index contributed by atoms with van der Waals surface area (Å²) < 4.78 is 6.06. The van der Waals surface area contributed by atoms with Crippen LogP contribution in [0.5, 0.6) is 5.75 Å². The van der Waals surface area contributed by atoms with Gasteiger partial charge >= 0.3 is 0 Å². The third-order valence-corrected chi connectivity index (χ3v) is 6.88. The average Bonchev–Trinajstić information content (AvgIpc) is 3.29. The Kier molecular flexibility index (Phi) is 7.96. The zero-order valence-electron chi connectivity index (χ0n) is 17.9. The van der Waals surface area contributed by atoms with Crippen LogP contribution in [0.25, 0.3) is 0 Å². The number of rotatable bonds is 9. The normalized spacial score (nSPS) is 11.6. The summed E-state index contributed by atoms with van der Waals surface area (Å²) in [6.07, 6.45) is 4.12. The number of carbonyl (C=O) groups is 1. The lowest BCUT2D eigenvalue weighted by atomic mass is 10.1. The number of aromatic nitrogens is 3. The topological polar surface area (TPSA) is 109 Å². The summed E-state index contributed by atoms with van der Waals surface area (Å²) in [6, 6.07) is 14.1. The number of halogens is 1.